The molecule has 2 amide bonds. The molecule has 0 aromatic heterocycles. The van der Waals surface area contributed by atoms with Crippen LogP contribution >= 0.6 is 21.6 Å². The summed E-state index contributed by atoms with van der Waals surface area (Å²) in [6.07, 6.45) is 0.258. The molecule has 4 atom stereocenters. The Labute approximate surface area is 176 Å². The summed E-state index contributed by atoms with van der Waals surface area (Å²) < 4.78 is 10.9. The minimum absolute atomic E-state index is 0.139. The van der Waals surface area contributed by atoms with Crippen molar-refractivity contribution in [2.24, 2.45) is 5.41 Å². The van der Waals surface area contributed by atoms with Gasteiger partial charge in [0.05, 0.1) is 17.5 Å². The fraction of sp³-hybridized carbons (Fsp3) is 0.450. The van der Waals surface area contributed by atoms with Crippen molar-refractivity contribution in [2.75, 3.05) is 13.8 Å². The van der Waals surface area contributed by atoms with E-state index in [1.807, 2.05) is 19.1 Å². The van der Waals surface area contributed by atoms with Crippen molar-refractivity contribution in [2.45, 2.75) is 36.1 Å². The second-order valence-electron chi connectivity index (χ2n) is 8.14. The molecule has 4 fully saturated rings. The van der Waals surface area contributed by atoms with Gasteiger partial charge in [0.2, 0.25) is 6.79 Å². The number of amides is 2. The Balaban J connectivity index is 1.72. The van der Waals surface area contributed by atoms with Crippen LogP contribution in [0.3, 0.4) is 0 Å². The van der Waals surface area contributed by atoms with Gasteiger partial charge in [0, 0.05) is 13.5 Å². The molecule has 6 rings (SSSR count). The molecule has 0 saturated carbocycles. The van der Waals surface area contributed by atoms with E-state index in [1.54, 1.807) is 24.9 Å². The first-order valence-corrected chi connectivity index (χ1v) is 11.3. The Morgan fingerprint density at radius 3 is 2.69 bits per heavy atom. The van der Waals surface area contributed by atoms with Crippen molar-refractivity contribution in [1.29, 1.82) is 5.26 Å². The molecular weight excluding hydrogens is 410 g/mol. The summed E-state index contributed by atoms with van der Waals surface area (Å²) in [6.45, 7) is 7.74. The maximum Gasteiger partial charge on any atom is 0.266 e. The molecule has 2 bridgehead atoms. The Morgan fingerprint density at radius 2 is 2.00 bits per heavy atom. The monoisotopic (exact) mass is 429 g/mol. The first kappa shape index (κ1) is 18.7. The van der Waals surface area contributed by atoms with Crippen LogP contribution in [0.5, 0.6) is 11.5 Å². The van der Waals surface area contributed by atoms with Crippen molar-refractivity contribution < 1.29 is 19.1 Å². The third-order valence-corrected chi connectivity index (χ3v) is 10.0. The van der Waals surface area contributed by atoms with Gasteiger partial charge in [-0.05, 0) is 47.9 Å². The number of fused-ring (bicyclic) bond motifs is 3. The summed E-state index contributed by atoms with van der Waals surface area (Å²) in [6, 6.07) is 7.28. The van der Waals surface area contributed by atoms with Crippen molar-refractivity contribution in [1.82, 2.24) is 9.80 Å². The average Bonchev–Trinajstić information content (AvgIpc) is 3.26. The summed E-state index contributed by atoms with van der Waals surface area (Å²) in [4.78, 5) is 28.3. The molecule has 0 radical (unpaired) electrons. The number of nitriles is 1. The van der Waals surface area contributed by atoms with E-state index in [0.717, 1.165) is 5.56 Å². The Bertz CT molecular complexity index is 1040. The normalized spacial score (nSPS) is 37.0. The molecule has 5 aliphatic rings. The first-order chi connectivity index (χ1) is 13.7. The number of hydrogen-bond acceptors (Lipinski definition) is 7. The van der Waals surface area contributed by atoms with E-state index in [9.17, 15) is 14.9 Å². The summed E-state index contributed by atoms with van der Waals surface area (Å²) in [5.74, 6) is 0.857. The van der Waals surface area contributed by atoms with Crippen LogP contribution in [0.2, 0.25) is 0 Å². The molecule has 5 aliphatic heterocycles. The number of ether oxygens (including phenoxy) is 2. The molecule has 29 heavy (non-hydrogen) atoms. The second-order valence-corrected chi connectivity index (χ2v) is 10.7. The number of benzene rings is 1. The molecule has 7 nitrogen and oxygen atoms in total. The summed E-state index contributed by atoms with van der Waals surface area (Å²) in [5, 5.41) is 10.1. The fourth-order valence-corrected chi connectivity index (χ4v) is 8.90. The molecule has 1 aromatic rings. The molecule has 0 unspecified atom stereocenters. The summed E-state index contributed by atoms with van der Waals surface area (Å²) in [5.41, 5.74) is 0.413. The van der Waals surface area contributed by atoms with Crippen molar-refractivity contribution in [3.05, 3.63) is 35.9 Å². The molecular formula is C20H19N3O4S2. The van der Waals surface area contributed by atoms with Crippen LogP contribution in [0.25, 0.3) is 0 Å². The van der Waals surface area contributed by atoms with Crippen LogP contribution in [-0.2, 0) is 9.59 Å². The van der Waals surface area contributed by atoms with Crippen LogP contribution in [0.1, 0.15) is 31.9 Å². The molecule has 9 heteroatoms. The Kier molecular flexibility index (Phi) is 3.64. The SMILES string of the molecule is C=C(C)[C@@]12SS[C@@]3(C[C@@](C)(C#N)[C@@H](c4ccc5c(c4)OCO5)N3C1=O)C(=O)N2C. The highest BCUT2D eigenvalue weighted by Gasteiger charge is 2.76. The molecule has 150 valence electrons. The lowest BCUT2D eigenvalue weighted by Gasteiger charge is -2.58. The van der Waals surface area contributed by atoms with Crippen molar-refractivity contribution >= 4 is 33.4 Å². The van der Waals surface area contributed by atoms with Crippen molar-refractivity contribution in [3.8, 4) is 17.6 Å². The van der Waals surface area contributed by atoms with Gasteiger partial charge < -0.3 is 19.3 Å². The zero-order valence-corrected chi connectivity index (χ0v) is 17.9. The third-order valence-electron chi connectivity index (χ3n) is 6.32. The minimum Gasteiger partial charge on any atom is -0.454 e. The van der Waals surface area contributed by atoms with Gasteiger partial charge in [-0.1, -0.05) is 23.4 Å². The van der Waals surface area contributed by atoms with Gasteiger partial charge in [-0.2, -0.15) is 5.26 Å². The number of hydrogen-bond donors (Lipinski definition) is 0. The lowest BCUT2D eigenvalue weighted by Crippen LogP contribution is -2.75. The van der Waals surface area contributed by atoms with E-state index in [4.69, 9.17) is 9.47 Å². The largest absolute Gasteiger partial charge is 0.454 e. The van der Waals surface area contributed by atoms with Gasteiger partial charge in [0.15, 0.2) is 21.2 Å². The molecule has 5 heterocycles. The topological polar surface area (TPSA) is 82.9 Å². The maximum atomic E-state index is 13.9. The van der Waals surface area contributed by atoms with Crippen LogP contribution in [-0.4, -0.2) is 45.2 Å². The van der Waals surface area contributed by atoms with E-state index in [0.29, 0.717) is 17.1 Å². The van der Waals surface area contributed by atoms with Gasteiger partial charge in [-0.25, -0.2) is 0 Å². The van der Waals surface area contributed by atoms with Gasteiger partial charge in [-0.15, -0.1) is 0 Å². The van der Waals surface area contributed by atoms with E-state index < -0.39 is 21.2 Å². The number of likely N-dealkylation sites (N-methyl/N-ethyl adjacent to an activating group) is 1. The van der Waals surface area contributed by atoms with Crippen LogP contribution in [0.15, 0.2) is 30.4 Å². The highest BCUT2D eigenvalue weighted by Crippen LogP contribution is 2.70. The van der Waals surface area contributed by atoms with Crippen LogP contribution in [0.4, 0.5) is 0 Å². The van der Waals surface area contributed by atoms with Gasteiger partial charge in [0.25, 0.3) is 11.8 Å². The molecule has 0 aliphatic carbocycles. The third kappa shape index (κ3) is 2.01. The second kappa shape index (κ2) is 5.64. The number of piperazine rings is 1. The molecule has 4 saturated heterocycles. The van der Waals surface area contributed by atoms with Crippen molar-refractivity contribution in [3.63, 3.8) is 0 Å². The smallest absolute Gasteiger partial charge is 0.266 e. The van der Waals surface area contributed by atoms with Gasteiger partial charge in [0.1, 0.15) is 0 Å². The fourth-order valence-electron chi connectivity index (χ4n) is 4.91. The zero-order valence-electron chi connectivity index (χ0n) is 16.2. The summed E-state index contributed by atoms with van der Waals surface area (Å²) in [7, 11) is 4.39. The molecule has 1 aromatic carbocycles. The highest BCUT2D eigenvalue weighted by atomic mass is 33.1. The van der Waals surface area contributed by atoms with E-state index in [-0.39, 0.29) is 25.0 Å². The van der Waals surface area contributed by atoms with Gasteiger partial charge in [-0.3, -0.25) is 9.59 Å². The summed E-state index contributed by atoms with van der Waals surface area (Å²) >= 11 is 0. The zero-order chi connectivity index (χ0) is 20.8. The van der Waals surface area contributed by atoms with E-state index in [2.05, 4.69) is 12.6 Å². The lowest BCUT2D eigenvalue weighted by atomic mass is 9.79. The lowest BCUT2D eigenvalue weighted by molar-refractivity contribution is -0.163. The molecule has 0 N–H and O–H groups in total. The standard InChI is InChI=1S/C20H19N3O4S2/c1-11(2)20-17(25)23-15(12-5-6-13-14(7-12)27-10-26-13)18(3,9-21)8-19(23,28-29-20)16(24)22(20)4/h5-7,15H,1,8,10H2,2-4H3/t15-,18+,19+,20-/m1/s1. The number of carbonyl (C=O) groups is 2. The average molecular weight is 430 g/mol. The van der Waals surface area contributed by atoms with Crippen LogP contribution in [0, 0.1) is 16.7 Å². The highest BCUT2D eigenvalue weighted by molar-refractivity contribution is 8.78. The van der Waals surface area contributed by atoms with Crippen LogP contribution < -0.4 is 9.47 Å². The number of carbonyl (C=O) groups excluding carboxylic acids is 2. The predicted octanol–water partition coefficient (Wildman–Crippen LogP) is 3.05. The van der Waals surface area contributed by atoms with E-state index in [1.165, 1.54) is 26.5 Å². The first-order valence-electron chi connectivity index (χ1n) is 9.17. The van der Waals surface area contributed by atoms with E-state index >= 15 is 0 Å². The molecule has 1 spiro atoms. The minimum atomic E-state index is -1.17. The Morgan fingerprint density at radius 1 is 1.28 bits per heavy atom. The maximum absolute atomic E-state index is 13.9. The number of rotatable bonds is 2. The number of nitrogens with zero attached hydrogens (tertiary/aromatic N) is 3. The Hall–Kier alpha value is -2.31. The predicted molar refractivity (Wildman–Crippen MR) is 109 cm³/mol. The van der Waals surface area contributed by atoms with Gasteiger partial charge >= 0.3 is 0 Å². The quantitative estimate of drug-likeness (QED) is 0.528.